The van der Waals surface area contributed by atoms with Gasteiger partial charge >= 0.3 is 0 Å². The number of hydrogen-bond acceptors (Lipinski definition) is 9. The minimum atomic E-state index is -1.62. The van der Waals surface area contributed by atoms with Gasteiger partial charge in [-0.1, -0.05) is 165 Å². The molecule has 1 rings (SSSR count). The lowest BCUT2D eigenvalue weighted by molar-refractivity contribution is -0.302. The summed E-state index contributed by atoms with van der Waals surface area (Å²) in [5.74, 6) is -0.641. The molecule has 0 bridgehead atoms. The fourth-order valence-electron chi connectivity index (χ4n) is 6.76. The van der Waals surface area contributed by atoms with Crippen molar-refractivity contribution in [2.45, 2.75) is 223 Å². The zero-order valence-corrected chi connectivity index (χ0v) is 35.2. The summed E-state index contributed by atoms with van der Waals surface area (Å²) in [6.45, 7) is 3.53. The Kier molecular flexibility index (Phi) is 33.7. The Morgan fingerprint density at radius 2 is 1.11 bits per heavy atom. The van der Waals surface area contributed by atoms with E-state index in [1.54, 1.807) is 6.08 Å². The molecule has 1 aliphatic rings. The SMILES string of the molecule is CCCCC/C=C\C=C/CCCCCCCC(O)C(=O)NC(COC1OC(CO)C(O)C(O)C1O)C(O)/C=C/CC/C=C/CCCCCCCCCCCCC. The van der Waals surface area contributed by atoms with Crippen LogP contribution in [0, 0.1) is 0 Å². The molecule has 326 valence electrons. The Bertz CT molecular complexity index is 1030. The molecule has 8 atom stereocenters. The summed E-state index contributed by atoms with van der Waals surface area (Å²) in [6.07, 6.45) is 34.8. The Balaban J connectivity index is 2.49. The first-order chi connectivity index (χ1) is 27.3. The van der Waals surface area contributed by atoms with Crippen LogP contribution >= 0.6 is 0 Å². The highest BCUT2D eigenvalue weighted by Gasteiger charge is 2.44. The normalized spacial score (nSPS) is 22.2. The van der Waals surface area contributed by atoms with Crippen molar-refractivity contribution < 1.29 is 44.9 Å². The van der Waals surface area contributed by atoms with Crippen molar-refractivity contribution in [2.24, 2.45) is 0 Å². The number of carbonyl (C=O) groups excluding carboxylic acids is 1. The molecule has 0 aromatic carbocycles. The van der Waals surface area contributed by atoms with Gasteiger partial charge in [0, 0.05) is 0 Å². The van der Waals surface area contributed by atoms with E-state index in [1.807, 2.05) is 6.08 Å². The van der Waals surface area contributed by atoms with Gasteiger partial charge in [-0.05, 0) is 57.8 Å². The predicted octanol–water partition coefficient (Wildman–Crippen LogP) is 8.03. The van der Waals surface area contributed by atoms with Crippen molar-refractivity contribution >= 4 is 5.91 Å². The smallest absolute Gasteiger partial charge is 0.249 e. The molecule has 56 heavy (non-hydrogen) atoms. The molecule has 1 heterocycles. The molecule has 10 heteroatoms. The summed E-state index contributed by atoms with van der Waals surface area (Å²) in [7, 11) is 0. The summed E-state index contributed by atoms with van der Waals surface area (Å²) in [5, 5.41) is 64.5. The van der Waals surface area contributed by atoms with Crippen molar-refractivity contribution in [3.05, 3.63) is 48.6 Å². The van der Waals surface area contributed by atoms with Crippen molar-refractivity contribution in [1.29, 1.82) is 0 Å². The van der Waals surface area contributed by atoms with E-state index >= 15 is 0 Å². The van der Waals surface area contributed by atoms with Crippen molar-refractivity contribution in [3.63, 3.8) is 0 Å². The van der Waals surface area contributed by atoms with Crippen LogP contribution in [-0.2, 0) is 14.3 Å². The maximum Gasteiger partial charge on any atom is 0.249 e. The first kappa shape index (κ1) is 52.1. The minimum Gasteiger partial charge on any atom is -0.394 e. The van der Waals surface area contributed by atoms with Crippen molar-refractivity contribution in [2.75, 3.05) is 13.2 Å². The number of amides is 1. The van der Waals surface area contributed by atoms with E-state index in [4.69, 9.17) is 9.47 Å². The van der Waals surface area contributed by atoms with E-state index in [0.717, 1.165) is 51.4 Å². The second-order valence-electron chi connectivity index (χ2n) is 15.7. The van der Waals surface area contributed by atoms with Gasteiger partial charge in [0.25, 0.3) is 0 Å². The molecule has 0 aromatic rings. The zero-order valence-electron chi connectivity index (χ0n) is 35.2. The molecule has 7 N–H and O–H groups in total. The first-order valence-electron chi connectivity index (χ1n) is 22.5. The Hall–Kier alpha value is -1.89. The third-order valence-electron chi connectivity index (χ3n) is 10.5. The van der Waals surface area contributed by atoms with Crippen LogP contribution in [0.4, 0.5) is 0 Å². The lowest BCUT2D eigenvalue weighted by atomic mass is 9.99. The number of allylic oxidation sites excluding steroid dienone is 7. The summed E-state index contributed by atoms with van der Waals surface area (Å²) in [4.78, 5) is 13.0. The molecule has 8 unspecified atom stereocenters. The van der Waals surface area contributed by atoms with Gasteiger partial charge in [-0.25, -0.2) is 0 Å². The molecule has 0 spiro atoms. The molecule has 0 radical (unpaired) electrons. The second kappa shape index (κ2) is 36.2. The molecule has 1 fully saturated rings. The average molecular weight is 794 g/mol. The van der Waals surface area contributed by atoms with E-state index in [2.05, 4.69) is 55.6 Å². The highest BCUT2D eigenvalue weighted by molar-refractivity contribution is 5.80. The van der Waals surface area contributed by atoms with E-state index < -0.39 is 61.5 Å². The largest absolute Gasteiger partial charge is 0.394 e. The maximum atomic E-state index is 13.0. The van der Waals surface area contributed by atoms with Gasteiger partial charge in [0.15, 0.2) is 6.29 Å². The van der Waals surface area contributed by atoms with E-state index in [9.17, 15) is 35.4 Å². The zero-order chi connectivity index (χ0) is 41.1. The van der Waals surface area contributed by atoms with E-state index in [1.165, 1.54) is 89.9 Å². The Morgan fingerprint density at radius 3 is 1.70 bits per heavy atom. The molecular weight excluding hydrogens is 711 g/mol. The highest BCUT2D eigenvalue weighted by Crippen LogP contribution is 2.22. The van der Waals surface area contributed by atoms with Gasteiger partial charge in [-0.2, -0.15) is 0 Å². The van der Waals surface area contributed by atoms with Crippen molar-refractivity contribution in [1.82, 2.24) is 5.32 Å². The van der Waals surface area contributed by atoms with Crippen LogP contribution < -0.4 is 5.32 Å². The number of aliphatic hydroxyl groups excluding tert-OH is 6. The fourth-order valence-corrected chi connectivity index (χ4v) is 6.76. The molecule has 10 nitrogen and oxygen atoms in total. The summed E-state index contributed by atoms with van der Waals surface area (Å²) in [6, 6.07) is -1.00. The number of nitrogens with one attached hydrogen (secondary N) is 1. The Morgan fingerprint density at radius 1 is 0.625 bits per heavy atom. The van der Waals surface area contributed by atoms with Crippen LogP contribution in [0.25, 0.3) is 0 Å². The molecule has 1 saturated heterocycles. The van der Waals surface area contributed by atoms with Crippen LogP contribution in [0.5, 0.6) is 0 Å². The predicted molar refractivity (Wildman–Crippen MR) is 227 cm³/mol. The van der Waals surface area contributed by atoms with Crippen molar-refractivity contribution in [3.8, 4) is 0 Å². The molecule has 1 aliphatic heterocycles. The topological polar surface area (TPSA) is 169 Å². The van der Waals surface area contributed by atoms with Gasteiger partial charge < -0.3 is 45.4 Å². The maximum absolute atomic E-state index is 13.0. The van der Waals surface area contributed by atoms with Gasteiger partial charge in [-0.15, -0.1) is 0 Å². The van der Waals surface area contributed by atoms with Gasteiger partial charge in [0.05, 0.1) is 25.4 Å². The molecule has 0 aromatic heterocycles. The number of carbonyl (C=O) groups is 1. The third kappa shape index (κ3) is 26.2. The number of unbranched alkanes of at least 4 members (excludes halogenated alkanes) is 20. The average Bonchev–Trinajstić information content (AvgIpc) is 3.20. The second-order valence-corrected chi connectivity index (χ2v) is 15.7. The standard InChI is InChI=1S/C46H83NO9/c1-3-5-7-9-11-13-15-17-19-20-21-23-24-26-28-30-32-34-39(49)38(37-55-46-44(53)43(52)42(51)41(36-48)56-46)47-45(54)40(50)35-33-31-29-27-25-22-18-16-14-12-10-8-6-4-2/h12,14,16,18,24,26,32,34,38-44,46,48-53H,3-11,13,15,17,19-23,25,27-31,33,35-37H2,1-2H3,(H,47,54)/b14-12-,18-16-,26-24+,34-32+. The molecule has 0 aliphatic carbocycles. The van der Waals surface area contributed by atoms with Crippen LogP contribution in [0.2, 0.25) is 0 Å². The van der Waals surface area contributed by atoms with Crippen LogP contribution in [0.1, 0.15) is 174 Å². The fraction of sp³-hybridized carbons (Fsp3) is 0.804. The number of rotatable bonds is 36. The van der Waals surface area contributed by atoms with Gasteiger partial charge in [0.1, 0.15) is 30.5 Å². The van der Waals surface area contributed by atoms with E-state index in [-0.39, 0.29) is 13.0 Å². The lowest BCUT2D eigenvalue weighted by Crippen LogP contribution is -2.60. The molecular formula is C46H83NO9. The first-order valence-corrected chi connectivity index (χ1v) is 22.5. The highest BCUT2D eigenvalue weighted by atomic mass is 16.7. The molecule has 1 amide bonds. The van der Waals surface area contributed by atoms with Gasteiger partial charge in [-0.3, -0.25) is 4.79 Å². The monoisotopic (exact) mass is 794 g/mol. The summed E-state index contributed by atoms with van der Waals surface area (Å²) >= 11 is 0. The van der Waals surface area contributed by atoms with E-state index in [0.29, 0.717) is 12.8 Å². The van der Waals surface area contributed by atoms with Crippen LogP contribution in [-0.4, -0.2) is 98.7 Å². The number of ether oxygens (including phenoxy) is 2. The number of aliphatic hydroxyl groups is 6. The number of hydrogen-bond donors (Lipinski definition) is 7. The lowest BCUT2D eigenvalue weighted by Gasteiger charge is -2.40. The van der Waals surface area contributed by atoms with Crippen LogP contribution in [0.3, 0.4) is 0 Å². The Labute approximate surface area is 340 Å². The third-order valence-corrected chi connectivity index (χ3v) is 10.5. The van der Waals surface area contributed by atoms with Crippen LogP contribution in [0.15, 0.2) is 48.6 Å². The summed E-state index contributed by atoms with van der Waals surface area (Å²) in [5.41, 5.74) is 0. The minimum absolute atomic E-state index is 0.284. The molecule has 0 saturated carbocycles. The summed E-state index contributed by atoms with van der Waals surface area (Å²) < 4.78 is 11.1. The van der Waals surface area contributed by atoms with Gasteiger partial charge in [0.2, 0.25) is 5.91 Å². The quantitative estimate of drug-likeness (QED) is 0.0189.